The molecule has 0 fully saturated rings. The maximum atomic E-state index is 12.0. The highest BCUT2D eigenvalue weighted by atomic mass is 32.1. The van der Waals surface area contributed by atoms with Crippen LogP contribution in [-0.2, 0) is 0 Å². The lowest BCUT2D eigenvalue weighted by Gasteiger charge is -2.11. The minimum absolute atomic E-state index is 0.0252. The summed E-state index contributed by atoms with van der Waals surface area (Å²) in [6.07, 6.45) is 3.04. The lowest BCUT2D eigenvalue weighted by atomic mass is 10.2. The fourth-order valence-electron chi connectivity index (χ4n) is 1.60. The molecule has 100 valence electrons. The van der Waals surface area contributed by atoms with E-state index in [4.69, 9.17) is 0 Å². The highest BCUT2D eigenvalue weighted by Crippen LogP contribution is 2.18. The number of thiophene rings is 1. The van der Waals surface area contributed by atoms with Crippen LogP contribution < -0.4 is 10.6 Å². The van der Waals surface area contributed by atoms with Crippen molar-refractivity contribution in [1.29, 1.82) is 0 Å². The van der Waals surface area contributed by atoms with Crippen LogP contribution in [0, 0.1) is 0 Å². The minimum atomic E-state index is -0.212. The smallest absolute Gasteiger partial charge is 0.271 e. The molecule has 0 aliphatic heterocycles. The van der Waals surface area contributed by atoms with Crippen LogP contribution in [0.5, 0.6) is 0 Å². The fourth-order valence-corrected chi connectivity index (χ4v) is 2.33. The molecule has 6 heteroatoms. The average molecular weight is 276 g/mol. The van der Waals surface area contributed by atoms with Gasteiger partial charge in [-0.2, -0.15) is 0 Å². The third kappa shape index (κ3) is 3.51. The Morgan fingerprint density at radius 1 is 1.42 bits per heavy atom. The highest BCUT2D eigenvalue weighted by Gasteiger charge is 2.13. The lowest BCUT2D eigenvalue weighted by Crippen LogP contribution is -2.27. The number of aromatic nitrogens is 2. The maximum absolute atomic E-state index is 12.0. The van der Waals surface area contributed by atoms with Crippen LogP contribution in [0.25, 0.3) is 0 Å². The Morgan fingerprint density at radius 2 is 2.26 bits per heavy atom. The van der Waals surface area contributed by atoms with Gasteiger partial charge in [0.25, 0.3) is 5.91 Å². The predicted octanol–water partition coefficient (Wildman–Crippen LogP) is 2.46. The third-order valence-corrected chi connectivity index (χ3v) is 3.61. The van der Waals surface area contributed by atoms with Crippen LogP contribution in [0.2, 0.25) is 0 Å². The van der Waals surface area contributed by atoms with Crippen LogP contribution in [0.15, 0.2) is 29.9 Å². The van der Waals surface area contributed by atoms with Crippen molar-refractivity contribution < 1.29 is 4.79 Å². The number of nitrogens with zero attached hydrogens (tertiary/aromatic N) is 2. The van der Waals surface area contributed by atoms with Gasteiger partial charge in [-0.25, -0.2) is 9.97 Å². The van der Waals surface area contributed by atoms with Crippen LogP contribution in [0.4, 0.5) is 5.82 Å². The molecule has 19 heavy (non-hydrogen) atoms. The van der Waals surface area contributed by atoms with Gasteiger partial charge >= 0.3 is 0 Å². The van der Waals surface area contributed by atoms with Gasteiger partial charge in [-0.05, 0) is 25.3 Å². The quantitative estimate of drug-likeness (QED) is 0.880. The van der Waals surface area contributed by atoms with E-state index in [1.54, 1.807) is 17.5 Å². The molecular formula is C13H16N4OS. The van der Waals surface area contributed by atoms with Gasteiger partial charge in [-0.3, -0.25) is 4.79 Å². The van der Waals surface area contributed by atoms with Crippen molar-refractivity contribution in [1.82, 2.24) is 15.3 Å². The van der Waals surface area contributed by atoms with E-state index in [0.29, 0.717) is 11.5 Å². The molecule has 0 spiro atoms. The molecule has 0 radical (unpaired) electrons. The highest BCUT2D eigenvalue weighted by molar-refractivity contribution is 7.10. The number of carbonyl (C=O) groups excluding carboxylic acids is 1. The first-order valence-corrected chi connectivity index (χ1v) is 6.99. The summed E-state index contributed by atoms with van der Waals surface area (Å²) in [7, 11) is 0. The number of nitrogens with one attached hydrogen (secondary N) is 2. The van der Waals surface area contributed by atoms with E-state index in [1.807, 2.05) is 31.4 Å². The van der Waals surface area contributed by atoms with E-state index in [9.17, 15) is 4.79 Å². The summed E-state index contributed by atoms with van der Waals surface area (Å²) in [6.45, 7) is 4.70. The van der Waals surface area contributed by atoms with Gasteiger partial charge in [0.05, 0.1) is 18.4 Å². The van der Waals surface area contributed by atoms with Crippen molar-refractivity contribution in [2.75, 3.05) is 11.9 Å². The summed E-state index contributed by atoms with van der Waals surface area (Å²) in [6, 6.07) is 3.94. The summed E-state index contributed by atoms with van der Waals surface area (Å²) in [5.74, 6) is 0.460. The number of hydrogen-bond acceptors (Lipinski definition) is 5. The number of anilines is 1. The molecule has 5 nitrogen and oxygen atoms in total. The molecular weight excluding hydrogens is 260 g/mol. The van der Waals surface area contributed by atoms with E-state index in [-0.39, 0.29) is 11.9 Å². The van der Waals surface area contributed by atoms with Gasteiger partial charge < -0.3 is 10.6 Å². The number of rotatable bonds is 5. The predicted molar refractivity (Wildman–Crippen MR) is 76.4 cm³/mol. The van der Waals surface area contributed by atoms with E-state index >= 15 is 0 Å². The SMILES string of the molecule is CCNc1cnc(C(=O)NC(C)c2cccs2)cn1. The number of amides is 1. The zero-order valence-corrected chi connectivity index (χ0v) is 11.7. The van der Waals surface area contributed by atoms with Gasteiger partial charge in [0.15, 0.2) is 0 Å². The molecule has 1 amide bonds. The number of hydrogen-bond donors (Lipinski definition) is 2. The maximum Gasteiger partial charge on any atom is 0.271 e. The first kappa shape index (κ1) is 13.5. The Labute approximate surface area is 116 Å². The normalized spacial score (nSPS) is 11.9. The van der Waals surface area contributed by atoms with Crippen molar-refractivity contribution >= 4 is 23.1 Å². The second-order valence-corrected chi connectivity index (χ2v) is 5.01. The summed E-state index contributed by atoms with van der Waals surface area (Å²) in [5.41, 5.74) is 0.324. The van der Waals surface area contributed by atoms with E-state index < -0.39 is 0 Å². The molecule has 0 saturated heterocycles. The van der Waals surface area contributed by atoms with Gasteiger partial charge in [0, 0.05) is 11.4 Å². The summed E-state index contributed by atoms with van der Waals surface area (Å²) in [4.78, 5) is 21.3. The largest absolute Gasteiger partial charge is 0.369 e. The third-order valence-electron chi connectivity index (χ3n) is 2.56. The van der Waals surface area contributed by atoms with Crippen LogP contribution >= 0.6 is 11.3 Å². The molecule has 2 heterocycles. The molecule has 1 atom stereocenters. The van der Waals surface area contributed by atoms with Crippen molar-refractivity contribution in [2.45, 2.75) is 19.9 Å². The molecule has 0 aliphatic rings. The first-order chi connectivity index (χ1) is 9.20. The molecule has 2 aromatic heterocycles. The molecule has 0 aliphatic carbocycles. The Balaban J connectivity index is 1.99. The van der Waals surface area contributed by atoms with Gasteiger partial charge in [-0.15, -0.1) is 11.3 Å². The van der Waals surface area contributed by atoms with E-state index in [0.717, 1.165) is 11.4 Å². The monoisotopic (exact) mass is 276 g/mol. The molecule has 0 bridgehead atoms. The molecule has 2 N–H and O–H groups in total. The summed E-state index contributed by atoms with van der Waals surface area (Å²) in [5, 5.41) is 7.92. The average Bonchev–Trinajstić information content (AvgIpc) is 2.94. The summed E-state index contributed by atoms with van der Waals surface area (Å²) >= 11 is 1.62. The molecule has 1 unspecified atom stereocenters. The van der Waals surface area contributed by atoms with Crippen LogP contribution in [0.1, 0.15) is 35.3 Å². The van der Waals surface area contributed by atoms with Gasteiger partial charge in [0.1, 0.15) is 11.5 Å². The fraction of sp³-hybridized carbons (Fsp3) is 0.308. The van der Waals surface area contributed by atoms with Crippen molar-refractivity contribution in [2.24, 2.45) is 0 Å². The Bertz CT molecular complexity index is 524. The zero-order chi connectivity index (χ0) is 13.7. The molecule has 2 rings (SSSR count). The van der Waals surface area contributed by atoms with E-state index in [1.165, 1.54) is 6.20 Å². The van der Waals surface area contributed by atoms with Crippen LogP contribution in [-0.4, -0.2) is 22.4 Å². The Morgan fingerprint density at radius 3 is 2.84 bits per heavy atom. The van der Waals surface area contributed by atoms with Crippen LogP contribution in [0.3, 0.4) is 0 Å². The second-order valence-electron chi connectivity index (χ2n) is 4.03. The van der Waals surface area contributed by atoms with E-state index in [2.05, 4.69) is 20.6 Å². The van der Waals surface area contributed by atoms with Gasteiger partial charge in [-0.1, -0.05) is 6.07 Å². The molecule has 0 saturated carbocycles. The van der Waals surface area contributed by atoms with Crippen molar-refractivity contribution in [3.05, 3.63) is 40.5 Å². The van der Waals surface area contributed by atoms with Crippen molar-refractivity contribution in [3.8, 4) is 0 Å². The first-order valence-electron chi connectivity index (χ1n) is 6.11. The zero-order valence-electron chi connectivity index (χ0n) is 10.9. The molecule has 2 aromatic rings. The lowest BCUT2D eigenvalue weighted by molar-refractivity contribution is 0.0935. The number of carbonyl (C=O) groups is 1. The minimum Gasteiger partial charge on any atom is -0.369 e. The van der Waals surface area contributed by atoms with Gasteiger partial charge in [0.2, 0.25) is 0 Å². The Hall–Kier alpha value is -1.95. The topological polar surface area (TPSA) is 66.9 Å². The van der Waals surface area contributed by atoms with Crippen molar-refractivity contribution in [3.63, 3.8) is 0 Å². The standard InChI is InChI=1S/C13H16N4OS/c1-3-14-12-8-15-10(7-16-12)13(18)17-9(2)11-5-4-6-19-11/h4-9H,3H2,1-2H3,(H,14,16)(H,17,18). The second kappa shape index (κ2) is 6.29. The molecule has 0 aromatic carbocycles. The summed E-state index contributed by atoms with van der Waals surface area (Å²) < 4.78 is 0. The Kier molecular flexibility index (Phi) is 4.46.